The van der Waals surface area contributed by atoms with Gasteiger partial charge in [-0.05, 0) is 12.8 Å². The van der Waals surface area contributed by atoms with Crippen LogP contribution in [0.25, 0.3) is 0 Å². The number of carboxylic acids is 1. The van der Waals surface area contributed by atoms with Gasteiger partial charge in [0.25, 0.3) is 0 Å². The summed E-state index contributed by atoms with van der Waals surface area (Å²) >= 11 is 0. The van der Waals surface area contributed by atoms with Gasteiger partial charge in [0.2, 0.25) is 0 Å². The SMILES string of the molecule is O=C(O)CCCC=CC1C=CCC1=O. The first-order chi connectivity index (χ1) is 6.70. The van der Waals surface area contributed by atoms with Crippen LogP contribution >= 0.6 is 0 Å². The van der Waals surface area contributed by atoms with Crippen molar-refractivity contribution in [3.05, 3.63) is 24.3 Å². The second kappa shape index (κ2) is 5.37. The van der Waals surface area contributed by atoms with Gasteiger partial charge in [-0.25, -0.2) is 0 Å². The number of allylic oxidation sites excluding steroid dienone is 4. The molecule has 0 aromatic carbocycles. The average Bonchev–Trinajstić information content (AvgIpc) is 2.51. The van der Waals surface area contributed by atoms with Crippen molar-refractivity contribution in [3.8, 4) is 0 Å². The van der Waals surface area contributed by atoms with E-state index >= 15 is 0 Å². The quantitative estimate of drug-likeness (QED) is 0.537. The second-order valence-electron chi connectivity index (χ2n) is 3.34. The Morgan fingerprint density at radius 3 is 3.00 bits per heavy atom. The molecule has 0 heterocycles. The lowest BCUT2D eigenvalue weighted by Crippen LogP contribution is -2.02. The summed E-state index contributed by atoms with van der Waals surface area (Å²) in [5, 5.41) is 8.38. The van der Waals surface area contributed by atoms with Gasteiger partial charge < -0.3 is 5.11 Å². The van der Waals surface area contributed by atoms with E-state index in [2.05, 4.69) is 0 Å². The molecule has 1 N–H and O–H groups in total. The second-order valence-corrected chi connectivity index (χ2v) is 3.34. The van der Waals surface area contributed by atoms with Gasteiger partial charge in [-0.2, -0.15) is 0 Å². The van der Waals surface area contributed by atoms with E-state index in [1.54, 1.807) is 0 Å². The monoisotopic (exact) mass is 194 g/mol. The van der Waals surface area contributed by atoms with E-state index in [-0.39, 0.29) is 18.1 Å². The van der Waals surface area contributed by atoms with Crippen LogP contribution in [0.15, 0.2) is 24.3 Å². The molecule has 0 aromatic heterocycles. The third-order valence-corrected chi connectivity index (χ3v) is 2.14. The summed E-state index contributed by atoms with van der Waals surface area (Å²) in [6.45, 7) is 0. The zero-order valence-corrected chi connectivity index (χ0v) is 7.98. The van der Waals surface area contributed by atoms with Gasteiger partial charge in [-0.1, -0.05) is 24.3 Å². The summed E-state index contributed by atoms with van der Waals surface area (Å²) in [6.07, 6.45) is 9.59. The summed E-state index contributed by atoms with van der Waals surface area (Å²) in [5.41, 5.74) is 0. The van der Waals surface area contributed by atoms with Crippen LogP contribution in [0.3, 0.4) is 0 Å². The Bertz CT molecular complexity index is 276. The van der Waals surface area contributed by atoms with E-state index in [9.17, 15) is 9.59 Å². The largest absolute Gasteiger partial charge is 0.481 e. The number of Topliss-reactive ketones (excluding diaryl/α,β-unsaturated/α-hetero) is 1. The first-order valence-corrected chi connectivity index (χ1v) is 4.78. The Balaban J connectivity index is 2.17. The molecule has 1 aliphatic rings. The highest BCUT2D eigenvalue weighted by atomic mass is 16.4. The fraction of sp³-hybridized carbons (Fsp3) is 0.455. The zero-order valence-electron chi connectivity index (χ0n) is 7.98. The predicted molar refractivity (Wildman–Crippen MR) is 52.9 cm³/mol. The minimum absolute atomic E-state index is 0.0696. The molecule has 0 spiro atoms. The van der Waals surface area contributed by atoms with E-state index in [1.165, 1.54) is 0 Å². The molecule has 76 valence electrons. The van der Waals surface area contributed by atoms with Gasteiger partial charge in [-0.15, -0.1) is 0 Å². The molecule has 0 saturated carbocycles. The number of hydrogen-bond acceptors (Lipinski definition) is 2. The lowest BCUT2D eigenvalue weighted by Gasteiger charge is -1.97. The smallest absolute Gasteiger partial charge is 0.303 e. The summed E-state index contributed by atoms with van der Waals surface area (Å²) in [6, 6.07) is 0. The maximum Gasteiger partial charge on any atom is 0.303 e. The number of carbonyl (C=O) groups is 2. The lowest BCUT2D eigenvalue weighted by molar-refractivity contribution is -0.137. The number of carboxylic acid groups (broad SMARTS) is 1. The van der Waals surface area contributed by atoms with Crippen LogP contribution in [-0.2, 0) is 9.59 Å². The molecule has 1 unspecified atom stereocenters. The van der Waals surface area contributed by atoms with Crippen molar-refractivity contribution in [2.24, 2.45) is 5.92 Å². The van der Waals surface area contributed by atoms with Crippen molar-refractivity contribution in [1.82, 2.24) is 0 Å². The Labute approximate surface area is 83.1 Å². The standard InChI is InChI=1S/C11H14O3/c12-10-7-4-6-9(10)5-2-1-3-8-11(13)14/h2,4-6,9H,1,3,7-8H2,(H,13,14). The molecule has 1 atom stereocenters. The van der Waals surface area contributed by atoms with Crippen LogP contribution in [-0.4, -0.2) is 16.9 Å². The lowest BCUT2D eigenvalue weighted by atomic mass is 10.1. The Kier molecular flexibility index (Phi) is 4.11. The molecular formula is C11H14O3. The molecule has 3 nitrogen and oxygen atoms in total. The number of aliphatic carboxylic acids is 1. The molecule has 1 aliphatic carbocycles. The summed E-state index contributed by atoms with van der Waals surface area (Å²) in [7, 11) is 0. The Hall–Kier alpha value is -1.38. The van der Waals surface area contributed by atoms with Crippen molar-refractivity contribution in [2.75, 3.05) is 0 Å². The fourth-order valence-corrected chi connectivity index (χ4v) is 1.36. The van der Waals surface area contributed by atoms with Crippen molar-refractivity contribution in [1.29, 1.82) is 0 Å². The molecule has 0 saturated heterocycles. The van der Waals surface area contributed by atoms with Gasteiger partial charge in [0.1, 0.15) is 5.78 Å². The molecule has 0 amide bonds. The average molecular weight is 194 g/mol. The first-order valence-electron chi connectivity index (χ1n) is 4.78. The van der Waals surface area contributed by atoms with Crippen LogP contribution in [0, 0.1) is 5.92 Å². The van der Waals surface area contributed by atoms with Crippen LogP contribution in [0.5, 0.6) is 0 Å². The van der Waals surface area contributed by atoms with Crippen LogP contribution < -0.4 is 0 Å². The summed E-state index contributed by atoms with van der Waals surface area (Å²) in [5.74, 6) is -0.616. The molecule has 0 radical (unpaired) electrons. The fourth-order valence-electron chi connectivity index (χ4n) is 1.36. The summed E-state index contributed by atoms with van der Waals surface area (Å²) in [4.78, 5) is 21.3. The van der Waals surface area contributed by atoms with Crippen molar-refractivity contribution in [3.63, 3.8) is 0 Å². The number of rotatable bonds is 5. The van der Waals surface area contributed by atoms with E-state index < -0.39 is 5.97 Å². The first kappa shape index (κ1) is 10.7. The molecule has 0 bridgehead atoms. The van der Waals surface area contributed by atoms with Gasteiger partial charge >= 0.3 is 5.97 Å². The highest BCUT2D eigenvalue weighted by Gasteiger charge is 2.14. The molecule has 0 aliphatic heterocycles. The zero-order chi connectivity index (χ0) is 10.4. The minimum Gasteiger partial charge on any atom is -0.481 e. The third-order valence-electron chi connectivity index (χ3n) is 2.14. The van der Waals surface area contributed by atoms with Crippen molar-refractivity contribution < 1.29 is 14.7 Å². The van der Waals surface area contributed by atoms with Crippen LogP contribution in [0.2, 0.25) is 0 Å². The molecule has 1 rings (SSSR count). The molecule has 14 heavy (non-hydrogen) atoms. The van der Waals surface area contributed by atoms with Crippen LogP contribution in [0.1, 0.15) is 25.7 Å². The number of unbranched alkanes of at least 4 members (excludes halogenated alkanes) is 1. The molecular weight excluding hydrogens is 180 g/mol. The Morgan fingerprint density at radius 2 is 2.43 bits per heavy atom. The van der Waals surface area contributed by atoms with Gasteiger partial charge in [0.05, 0.1) is 5.92 Å². The molecule has 0 aromatic rings. The van der Waals surface area contributed by atoms with Gasteiger partial charge in [0, 0.05) is 12.8 Å². The van der Waals surface area contributed by atoms with Crippen LogP contribution in [0.4, 0.5) is 0 Å². The highest BCUT2D eigenvalue weighted by molar-refractivity contribution is 5.88. The topological polar surface area (TPSA) is 54.4 Å². The third kappa shape index (κ3) is 3.56. The maximum atomic E-state index is 11.1. The van der Waals surface area contributed by atoms with Crippen molar-refractivity contribution >= 4 is 11.8 Å². The van der Waals surface area contributed by atoms with Gasteiger partial charge in [0.15, 0.2) is 0 Å². The number of carbonyl (C=O) groups excluding carboxylic acids is 1. The predicted octanol–water partition coefficient (Wildman–Crippen LogP) is 1.94. The maximum absolute atomic E-state index is 11.1. The molecule has 0 fully saturated rings. The highest BCUT2D eigenvalue weighted by Crippen LogP contribution is 2.14. The van der Waals surface area contributed by atoms with E-state index in [4.69, 9.17) is 5.11 Å². The number of hydrogen-bond donors (Lipinski definition) is 1. The summed E-state index contributed by atoms with van der Waals surface area (Å²) < 4.78 is 0. The van der Waals surface area contributed by atoms with Crippen molar-refractivity contribution in [2.45, 2.75) is 25.7 Å². The van der Waals surface area contributed by atoms with E-state index in [0.29, 0.717) is 12.8 Å². The van der Waals surface area contributed by atoms with E-state index in [1.807, 2.05) is 24.3 Å². The Morgan fingerprint density at radius 1 is 1.64 bits per heavy atom. The van der Waals surface area contributed by atoms with E-state index in [0.717, 1.165) is 6.42 Å². The minimum atomic E-state index is -0.768. The normalized spacial score (nSPS) is 20.9. The van der Waals surface area contributed by atoms with Gasteiger partial charge in [-0.3, -0.25) is 9.59 Å². The molecule has 3 heteroatoms. The number of ketones is 1.